The molecule has 0 aromatic carbocycles. The van der Waals surface area contributed by atoms with Gasteiger partial charge in [-0.05, 0) is 18.2 Å². The van der Waals surface area contributed by atoms with Gasteiger partial charge in [0, 0.05) is 6.04 Å². The fraction of sp³-hybridized carbons (Fsp3) is 0.188. The Morgan fingerprint density at radius 3 is 2.39 bits per heavy atom. The average Bonchev–Trinajstić information content (AvgIpc) is 2.40. The number of alkyl halides is 3. The molecule has 0 saturated carbocycles. The van der Waals surface area contributed by atoms with Gasteiger partial charge in [-0.25, -0.2) is 0 Å². The summed E-state index contributed by atoms with van der Waals surface area (Å²) >= 11 is 0. The number of rotatable bonds is 9. The van der Waals surface area contributed by atoms with Gasteiger partial charge in [-0.15, -0.1) is 0 Å². The van der Waals surface area contributed by atoms with E-state index in [1.54, 1.807) is 0 Å². The molecule has 0 aliphatic carbocycles. The molecule has 0 radical (unpaired) electrons. The van der Waals surface area contributed by atoms with Crippen LogP contribution in [0.4, 0.5) is 13.2 Å². The van der Waals surface area contributed by atoms with E-state index in [2.05, 4.69) is 19.7 Å². The molecule has 7 heteroatoms. The van der Waals surface area contributed by atoms with Crippen LogP contribution in [0.3, 0.4) is 0 Å². The highest BCUT2D eigenvalue weighted by molar-refractivity contribution is 5.67. The van der Waals surface area contributed by atoms with E-state index in [1.165, 1.54) is 24.3 Å². The molecule has 0 rings (SSSR count). The maximum atomic E-state index is 12.4. The maximum absolute atomic E-state index is 12.4. The van der Waals surface area contributed by atoms with E-state index in [-0.39, 0.29) is 17.9 Å². The molecule has 1 unspecified atom stereocenters. The monoisotopic (exact) mass is 329 g/mol. The SMILES string of the molecule is C=C/C(=C\C(=C)C(F)(F)F)OC(=C)/C=C\C=C\C(N)CC(=O)O. The van der Waals surface area contributed by atoms with Gasteiger partial charge < -0.3 is 15.6 Å². The van der Waals surface area contributed by atoms with Crippen LogP contribution in [0.2, 0.25) is 0 Å². The van der Waals surface area contributed by atoms with Crippen molar-refractivity contribution in [3.63, 3.8) is 0 Å². The topological polar surface area (TPSA) is 72.5 Å². The van der Waals surface area contributed by atoms with Crippen LogP contribution in [0.25, 0.3) is 0 Å². The number of carboxylic acid groups (broad SMARTS) is 1. The summed E-state index contributed by atoms with van der Waals surface area (Å²) in [4.78, 5) is 10.4. The largest absolute Gasteiger partial charge is 0.481 e. The molecular formula is C16H18F3NO3. The normalized spacial score (nSPS) is 14.0. The Kier molecular flexibility index (Phi) is 8.43. The molecule has 0 aliphatic rings. The van der Waals surface area contributed by atoms with Crippen LogP contribution in [-0.4, -0.2) is 23.3 Å². The number of nitrogens with two attached hydrogens (primary N) is 1. The molecule has 126 valence electrons. The predicted molar refractivity (Wildman–Crippen MR) is 82.2 cm³/mol. The number of halogens is 3. The lowest BCUT2D eigenvalue weighted by Gasteiger charge is -2.09. The van der Waals surface area contributed by atoms with Crippen LogP contribution in [0.1, 0.15) is 6.42 Å². The van der Waals surface area contributed by atoms with E-state index >= 15 is 0 Å². The van der Waals surface area contributed by atoms with Crippen molar-refractivity contribution in [1.82, 2.24) is 0 Å². The Bertz CT molecular complexity index is 557. The minimum absolute atomic E-state index is 0.0579. The summed E-state index contributed by atoms with van der Waals surface area (Å²) < 4.78 is 42.2. The highest BCUT2D eigenvalue weighted by Gasteiger charge is 2.30. The molecular weight excluding hydrogens is 311 g/mol. The van der Waals surface area contributed by atoms with Gasteiger partial charge >= 0.3 is 12.1 Å². The molecule has 1 atom stereocenters. The summed E-state index contributed by atoms with van der Waals surface area (Å²) in [5.74, 6) is -1.12. The summed E-state index contributed by atoms with van der Waals surface area (Å²) in [6.07, 6.45) is 2.78. The van der Waals surface area contributed by atoms with E-state index < -0.39 is 23.8 Å². The third kappa shape index (κ3) is 9.92. The number of aliphatic carboxylic acids is 1. The average molecular weight is 329 g/mol. The predicted octanol–water partition coefficient (Wildman–Crippen LogP) is 3.62. The third-order valence-corrected chi connectivity index (χ3v) is 2.29. The Morgan fingerprint density at radius 1 is 1.30 bits per heavy atom. The Balaban J connectivity index is 4.63. The number of ether oxygens (including phenoxy) is 1. The highest BCUT2D eigenvalue weighted by Crippen LogP contribution is 2.26. The van der Waals surface area contributed by atoms with E-state index in [4.69, 9.17) is 15.6 Å². The molecule has 0 aromatic rings. The first kappa shape index (κ1) is 20.5. The fourth-order valence-electron chi connectivity index (χ4n) is 1.21. The summed E-state index contributed by atoms with van der Waals surface area (Å²) in [7, 11) is 0. The Hall–Kier alpha value is -2.54. The number of hydrogen-bond acceptors (Lipinski definition) is 3. The van der Waals surface area contributed by atoms with Crippen LogP contribution in [0.15, 0.2) is 73.3 Å². The standard InChI is InChI=1S/C16H18F3NO3/c1-4-14(9-11(2)16(17,18)19)23-12(3)7-5-6-8-13(20)10-15(21)22/h4-9,13H,1-3,10,20H2,(H,21,22)/b7-5-,8-6+,14-9+. The number of allylic oxidation sites excluding steroid dienone is 6. The van der Waals surface area contributed by atoms with Gasteiger partial charge in [0.05, 0.1) is 12.0 Å². The first-order valence-corrected chi connectivity index (χ1v) is 6.35. The lowest BCUT2D eigenvalue weighted by atomic mass is 10.2. The van der Waals surface area contributed by atoms with Crippen molar-refractivity contribution >= 4 is 5.97 Å². The van der Waals surface area contributed by atoms with Crippen LogP contribution < -0.4 is 5.73 Å². The van der Waals surface area contributed by atoms with Gasteiger partial charge in [-0.3, -0.25) is 4.79 Å². The van der Waals surface area contributed by atoms with Crippen LogP contribution in [-0.2, 0) is 9.53 Å². The first-order valence-electron chi connectivity index (χ1n) is 6.35. The van der Waals surface area contributed by atoms with E-state index in [9.17, 15) is 18.0 Å². The van der Waals surface area contributed by atoms with Crippen molar-refractivity contribution in [2.45, 2.75) is 18.6 Å². The zero-order chi connectivity index (χ0) is 18.0. The summed E-state index contributed by atoms with van der Waals surface area (Å²) in [5, 5.41) is 8.52. The molecule has 0 saturated heterocycles. The lowest BCUT2D eigenvalue weighted by molar-refractivity contribution is -0.137. The van der Waals surface area contributed by atoms with E-state index in [1.807, 2.05) is 0 Å². The van der Waals surface area contributed by atoms with Crippen LogP contribution in [0, 0.1) is 0 Å². The summed E-state index contributed by atoms with van der Waals surface area (Å²) in [6.45, 7) is 9.74. The highest BCUT2D eigenvalue weighted by atomic mass is 19.4. The van der Waals surface area contributed by atoms with Crippen molar-refractivity contribution in [3.8, 4) is 0 Å². The van der Waals surface area contributed by atoms with Gasteiger partial charge in [-0.1, -0.05) is 38.0 Å². The second kappa shape index (κ2) is 9.47. The van der Waals surface area contributed by atoms with Gasteiger partial charge in [0.15, 0.2) is 0 Å². The Morgan fingerprint density at radius 2 is 1.91 bits per heavy atom. The van der Waals surface area contributed by atoms with Crippen LogP contribution in [0.5, 0.6) is 0 Å². The quantitative estimate of drug-likeness (QED) is 0.500. The molecule has 0 aromatic heterocycles. The Labute approximate surface area is 132 Å². The molecule has 0 bridgehead atoms. The molecule has 0 heterocycles. The van der Waals surface area contributed by atoms with Crippen molar-refractivity contribution in [1.29, 1.82) is 0 Å². The third-order valence-electron chi connectivity index (χ3n) is 2.29. The lowest BCUT2D eigenvalue weighted by Crippen LogP contribution is -2.20. The molecule has 0 aliphatic heterocycles. The minimum atomic E-state index is -4.56. The molecule has 0 fully saturated rings. The number of carboxylic acids is 1. The van der Waals surface area contributed by atoms with Crippen molar-refractivity contribution in [3.05, 3.63) is 73.3 Å². The molecule has 0 spiro atoms. The zero-order valence-electron chi connectivity index (χ0n) is 12.3. The number of carbonyl (C=O) groups is 1. The summed E-state index contributed by atoms with van der Waals surface area (Å²) in [5.41, 5.74) is 4.42. The number of hydrogen-bond donors (Lipinski definition) is 2. The molecule has 0 amide bonds. The van der Waals surface area contributed by atoms with Crippen LogP contribution >= 0.6 is 0 Å². The van der Waals surface area contributed by atoms with Crippen molar-refractivity contribution < 1.29 is 27.8 Å². The maximum Gasteiger partial charge on any atom is 0.415 e. The van der Waals surface area contributed by atoms with Gasteiger partial charge in [0.1, 0.15) is 11.5 Å². The van der Waals surface area contributed by atoms with E-state index in [0.29, 0.717) is 6.08 Å². The first-order chi connectivity index (χ1) is 10.6. The molecule has 3 N–H and O–H groups in total. The minimum Gasteiger partial charge on any atom is -0.481 e. The van der Waals surface area contributed by atoms with Crippen molar-refractivity contribution in [2.24, 2.45) is 5.73 Å². The second-order valence-electron chi connectivity index (χ2n) is 4.35. The zero-order valence-corrected chi connectivity index (χ0v) is 12.3. The van der Waals surface area contributed by atoms with Gasteiger partial charge in [-0.2, -0.15) is 13.2 Å². The smallest absolute Gasteiger partial charge is 0.415 e. The van der Waals surface area contributed by atoms with Crippen molar-refractivity contribution in [2.75, 3.05) is 0 Å². The second-order valence-corrected chi connectivity index (χ2v) is 4.35. The molecule has 23 heavy (non-hydrogen) atoms. The van der Waals surface area contributed by atoms with Gasteiger partial charge in [0.25, 0.3) is 0 Å². The summed E-state index contributed by atoms with van der Waals surface area (Å²) in [6, 6.07) is -0.648. The van der Waals surface area contributed by atoms with Gasteiger partial charge in [0.2, 0.25) is 0 Å². The fourth-order valence-corrected chi connectivity index (χ4v) is 1.21. The molecule has 4 nitrogen and oxygen atoms in total. The van der Waals surface area contributed by atoms with E-state index in [0.717, 1.165) is 6.08 Å².